The lowest BCUT2D eigenvalue weighted by Gasteiger charge is -2.11. The summed E-state index contributed by atoms with van der Waals surface area (Å²) in [5.41, 5.74) is 0.978. The lowest BCUT2D eigenvalue weighted by Crippen LogP contribution is -2.31. The predicted molar refractivity (Wildman–Crippen MR) is 87.3 cm³/mol. The second-order valence-electron chi connectivity index (χ2n) is 5.01. The van der Waals surface area contributed by atoms with Gasteiger partial charge in [-0.3, -0.25) is 9.69 Å². The van der Waals surface area contributed by atoms with Gasteiger partial charge < -0.3 is 14.8 Å². The van der Waals surface area contributed by atoms with E-state index in [-0.39, 0.29) is 17.6 Å². The van der Waals surface area contributed by atoms with Crippen LogP contribution in [0.15, 0.2) is 23.9 Å². The summed E-state index contributed by atoms with van der Waals surface area (Å²) in [6, 6.07) is 5.02. The minimum Gasteiger partial charge on any atom is -0.494 e. The maximum absolute atomic E-state index is 12.3. The first kappa shape index (κ1) is 16.9. The normalized spacial score (nSPS) is 16.0. The zero-order chi connectivity index (χ0) is 16.8. The molecule has 0 saturated carbocycles. The van der Waals surface area contributed by atoms with Gasteiger partial charge in [-0.1, -0.05) is 6.92 Å². The van der Waals surface area contributed by atoms with Gasteiger partial charge in [0, 0.05) is 18.2 Å². The summed E-state index contributed by atoms with van der Waals surface area (Å²) < 4.78 is 11.1. The molecule has 0 aliphatic carbocycles. The van der Waals surface area contributed by atoms with Crippen molar-refractivity contribution in [3.05, 3.63) is 29.5 Å². The molecule has 0 aromatic heterocycles. The minimum absolute atomic E-state index is 0.258. The van der Waals surface area contributed by atoms with E-state index in [2.05, 4.69) is 5.32 Å². The minimum atomic E-state index is -0.382. The highest BCUT2D eigenvalue weighted by molar-refractivity contribution is 6.14. The Hall–Kier alpha value is -2.50. The molecule has 2 rings (SSSR count). The van der Waals surface area contributed by atoms with E-state index < -0.39 is 0 Å². The lowest BCUT2D eigenvalue weighted by molar-refractivity contribution is -0.122. The van der Waals surface area contributed by atoms with E-state index in [0.717, 1.165) is 12.0 Å². The van der Waals surface area contributed by atoms with Crippen molar-refractivity contribution in [3.8, 4) is 11.5 Å². The second kappa shape index (κ2) is 7.67. The molecule has 1 N–H and O–H groups in total. The van der Waals surface area contributed by atoms with Crippen molar-refractivity contribution in [2.75, 3.05) is 19.8 Å². The summed E-state index contributed by atoms with van der Waals surface area (Å²) in [5.74, 6) is 1.00. The van der Waals surface area contributed by atoms with E-state index in [9.17, 15) is 9.59 Å². The molecule has 1 saturated heterocycles. The van der Waals surface area contributed by atoms with Gasteiger partial charge in [0.25, 0.3) is 5.91 Å². The first-order valence-electron chi connectivity index (χ1n) is 7.84. The molecule has 1 aliphatic heterocycles. The molecule has 3 amide bonds. The highest BCUT2D eigenvalue weighted by Crippen LogP contribution is 2.28. The molecule has 23 heavy (non-hydrogen) atoms. The Bertz CT molecular complexity index is 625. The van der Waals surface area contributed by atoms with Crippen molar-refractivity contribution in [2.24, 2.45) is 0 Å². The van der Waals surface area contributed by atoms with Gasteiger partial charge in [-0.05, 0) is 38.5 Å². The molecular weight excluding hydrogens is 296 g/mol. The molecule has 0 spiro atoms. The van der Waals surface area contributed by atoms with Crippen molar-refractivity contribution < 1.29 is 19.1 Å². The predicted octanol–water partition coefficient (Wildman–Crippen LogP) is 2.79. The molecule has 1 heterocycles. The Labute approximate surface area is 136 Å². The molecule has 1 fully saturated rings. The summed E-state index contributed by atoms with van der Waals surface area (Å²) in [6.45, 7) is 7.17. The largest absolute Gasteiger partial charge is 0.494 e. The lowest BCUT2D eigenvalue weighted by atomic mass is 10.1. The quantitative estimate of drug-likeness (QED) is 0.620. The molecular formula is C17H22N2O4. The number of rotatable bonds is 7. The third-order valence-electron chi connectivity index (χ3n) is 3.31. The van der Waals surface area contributed by atoms with Gasteiger partial charge in [0.15, 0.2) is 0 Å². The second-order valence-corrected chi connectivity index (χ2v) is 5.01. The number of nitrogens with one attached hydrogen (secondary N) is 1. The third kappa shape index (κ3) is 3.83. The van der Waals surface area contributed by atoms with Crippen molar-refractivity contribution in [1.82, 2.24) is 10.2 Å². The first-order chi connectivity index (χ1) is 11.1. The summed E-state index contributed by atoms with van der Waals surface area (Å²) >= 11 is 0. The van der Waals surface area contributed by atoms with Gasteiger partial charge in [0.1, 0.15) is 17.2 Å². The van der Waals surface area contributed by atoms with Crippen molar-refractivity contribution >= 4 is 18.0 Å². The van der Waals surface area contributed by atoms with Crippen LogP contribution in [0.25, 0.3) is 6.08 Å². The molecule has 0 unspecified atom stereocenters. The molecule has 0 atom stereocenters. The number of urea groups is 1. The van der Waals surface area contributed by atoms with Crippen LogP contribution in [0.2, 0.25) is 0 Å². The molecule has 1 aromatic rings. The van der Waals surface area contributed by atoms with Gasteiger partial charge in [-0.15, -0.1) is 0 Å². The molecule has 0 bridgehead atoms. The summed E-state index contributed by atoms with van der Waals surface area (Å²) in [4.78, 5) is 25.3. The van der Waals surface area contributed by atoms with Gasteiger partial charge in [-0.2, -0.15) is 0 Å². The fraction of sp³-hybridized carbons (Fsp3) is 0.412. The van der Waals surface area contributed by atoms with Crippen LogP contribution in [0.3, 0.4) is 0 Å². The zero-order valence-corrected chi connectivity index (χ0v) is 13.7. The van der Waals surface area contributed by atoms with E-state index in [1.165, 1.54) is 4.90 Å². The van der Waals surface area contributed by atoms with E-state index >= 15 is 0 Å². The summed E-state index contributed by atoms with van der Waals surface area (Å²) in [7, 11) is 0. The fourth-order valence-electron chi connectivity index (χ4n) is 2.32. The molecule has 1 aliphatic rings. The smallest absolute Gasteiger partial charge is 0.329 e. The maximum atomic E-state index is 12.3. The maximum Gasteiger partial charge on any atom is 0.329 e. The van der Waals surface area contributed by atoms with E-state index in [0.29, 0.717) is 31.3 Å². The van der Waals surface area contributed by atoms with Gasteiger partial charge in [0.05, 0.1) is 13.2 Å². The van der Waals surface area contributed by atoms with Crippen LogP contribution in [0.1, 0.15) is 32.8 Å². The van der Waals surface area contributed by atoms with E-state index in [4.69, 9.17) is 9.47 Å². The van der Waals surface area contributed by atoms with Crippen molar-refractivity contribution in [3.63, 3.8) is 0 Å². The number of ether oxygens (including phenoxy) is 2. The van der Waals surface area contributed by atoms with E-state index in [1.807, 2.05) is 32.9 Å². The van der Waals surface area contributed by atoms with E-state index in [1.54, 1.807) is 12.1 Å². The monoisotopic (exact) mass is 318 g/mol. The van der Waals surface area contributed by atoms with Gasteiger partial charge in [-0.25, -0.2) is 4.79 Å². The fourth-order valence-corrected chi connectivity index (χ4v) is 2.32. The van der Waals surface area contributed by atoms with Crippen LogP contribution in [0.5, 0.6) is 11.5 Å². The standard InChI is InChI=1S/C17H22N2O4/c1-4-9-19-16(20)14(18-17(19)21)10-12-7-8-13(22-5-2)11-15(12)23-6-3/h7-8,10-11H,4-6,9H2,1-3H3,(H,18,21)/b14-10+. The Morgan fingerprint density at radius 3 is 2.52 bits per heavy atom. The topological polar surface area (TPSA) is 67.9 Å². The number of nitrogens with zero attached hydrogens (tertiary/aromatic N) is 1. The average Bonchev–Trinajstić information content (AvgIpc) is 2.78. The number of hydrogen-bond acceptors (Lipinski definition) is 4. The molecule has 124 valence electrons. The van der Waals surface area contributed by atoms with Crippen LogP contribution < -0.4 is 14.8 Å². The number of amides is 3. The van der Waals surface area contributed by atoms with Crippen molar-refractivity contribution in [1.29, 1.82) is 0 Å². The molecule has 1 aromatic carbocycles. The molecule has 6 nitrogen and oxygen atoms in total. The van der Waals surface area contributed by atoms with Gasteiger partial charge >= 0.3 is 6.03 Å². The van der Waals surface area contributed by atoms with Crippen LogP contribution in [-0.4, -0.2) is 36.6 Å². The number of imide groups is 1. The van der Waals surface area contributed by atoms with Crippen molar-refractivity contribution in [2.45, 2.75) is 27.2 Å². The Morgan fingerprint density at radius 1 is 1.13 bits per heavy atom. The number of carbonyl (C=O) groups is 2. The first-order valence-corrected chi connectivity index (χ1v) is 7.84. The van der Waals surface area contributed by atoms with Gasteiger partial charge in [0.2, 0.25) is 0 Å². The Kier molecular flexibility index (Phi) is 5.62. The van der Waals surface area contributed by atoms with Crippen LogP contribution in [0.4, 0.5) is 4.79 Å². The third-order valence-corrected chi connectivity index (χ3v) is 3.31. The molecule has 6 heteroatoms. The number of carbonyl (C=O) groups excluding carboxylic acids is 2. The zero-order valence-electron chi connectivity index (χ0n) is 13.7. The number of hydrogen-bond donors (Lipinski definition) is 1. The van der Waals surface area contributed by atoms with Crippen LogP contribution in [0, 0.1) is 0 Å². The SMILES string of the molecule is CCCN1C(=O)N/C(=C/c2ccc(OCC)cc2OCC)C1=O. The highest BCUT2D eigenvalue weighted by atomic mass is 16.5. The summed E-state index contributed by atoms with van der Waals surface area (Å²) in [5, 5.41) is 2.61. The number of benzene rings is 1. The Balaban J connectivity index is 2.31. The Morgan fingerprint density at radius 2 is 1.87 bits per heavy atom. The summed E-state index contributed by atoms with van der Waals surface area (Å²) in [6.07, 6.45) is 2.36. The van der Waals surface area contributed by atoms with Crippen LogP contribution in [-0.2, 0) is 4.79 Å². The highest BCUT2D eigenvalue weighted by Gasteiger charge is 2.32. The average molecular weight is 318 g/mol. The van der Waals surface area contributed by atoms with Crippen LogP contribution >= 0.6 is 0 Å². The molecule has 0 radical (unpaired) electrons.